The Morgan fingerprint density at radius 2 is 2.05 bits per heavy atom. The third-order valence-corrected chi connectivity index (χ3v) is 4.64. The number of rotatable bonds is 4. The number of anilines is 1. The third-order valence-electron chi connectivity index (χ3n) is 4.64. The second kappa shape index (κ2) is 6.55. The van der Waals surface area contributed by atoms with E-state index in [2.05, 4.69) is 32.2 Å². The summed E-state index contributed by atoms with van der Waals surface area (Å²) in [6.07, 6.45) is 7.55. The van der Waals surface area contributed by atoms with Gasteiger partial charge < -0.3 is 5.32 Å². The first kappa shape index (κ1) is 13.8. The molecule has 2 fully saturated rings. The van der Waals surface area contributed by atoms with Crippen molar-refractivity contribution < 1.29 is 0 Å². The lowest BCUT2D eigenvalue weighted by Crippen LogP contribution is -2.40. The molecular formula is C16H26N4. The van der Waals surface area contributed by atoms with Crippen LogP contribution < -0.4 is 5.32 Å². The fourth-order valence-electron chi connectivity index (χ4n) is 3.46. The number of likely N-dealkylation sites (tertiary alicyclic amines) is 2. The minimum absolute atomic E-state index is 0.792. The van der Waals surface area contributed by atoms with E-state index in [1.807, 2.05) is 13.2 Å². The molecule has 2 aliphatic rings. The quantitative estimate of drug-likeness (QED) is 0.912. The number of nitrogens with one attached hydrogen (secondary N) is 1. The second-order valence-electron chi connectivity index (χ2n) is 6.08. The lowest BCUT2D eigenvalue weighted by molar-refractivity contribution is 0.161. The maximum atomic E-state index is 4.40. The molecule has 0 saturated carbocycles. The second-order valence-corrected chi connectivity index (χ2v) is 6.08. The first-order chi connectivity index (χ1) is 9.85. The Morgan fingerprint density at radius 3 is 2.75 bits per heavy atom. The predicted octanol–water partition coefficient (Wildman–Crippen LogP) is 2.18. The Labute approximate surface area is 122 Å². The molecule has 2 saturated heterocycles. The molecular weight excluding hydrogens is 248 g/mol. The zero-order chi connectivity index (χ0) is 13.8. The van der Waals surface area contributed by atoms with Crippen molar-refractivity contribution in [2.45, 2.75) is 38.3 Å². The van der Waals surface area contributed by atoms with E-state index >= 15 is 0 Å². The molecule has 0 radical (unpaired) electrons. The van der Waals surface area contributed by atoms with Crippen molar-refractivity contribution in [3.05, 3.63) is 23.9 Å². The summed E-state index contributed by atoms with van der Waals surface area (Å²) in [5, 5.41) is 3.07. The highest BCUT2D eigenvalue weighted by atomic mass is 15.3. The zero-order valence-electron chi connectivity index (χ0n) is 12.5. The Balaban J connectivity index is 1.51. The summed E-state index contributed by atoms with van der Waals surface area (Å²) in [5.41, 5.74) is 1.32. The maximum Gasteiger partial charge on any atom is 0.125 e. The van der Waals surface area contributed by atoms with Gasteiger partial charge >= 0.3 is 0 Å². The highest BCUT2D eigenvalue weighted by molar-refractivity contribution is 5.34. The Kier molecular flexibility index (Phi) is 4.53. The van der Waals surface area contributed by atoms with Gasteiger partial charge in [0, 0.05) is 38.9 Å². The minimum Gasteiger partial charge on any atom is -0.373 e. The highest BCUT2D eigenvalue weighted by Gasteiger charge is 2.28. The van der Waals surface area contributed by atoms with E-state index in [4.69, 9.17) is 0 Å². The number of pyridine rings is 1. The van der Waals surface area contributed by atoms with Crippen molar-refractivity contribution in [1.29, 1.82) is 0 Å². The monoisotopic (exact) mass is 274 g/mol. The van der Waals surface area contributed by atoms with Gasteiger partial charge in [0.15, 0.2) is 0 Å². The summed E-state index contributed by atoms with van der Waals surface area (Å²) < 4.78 is 0. The van der Waals surface area contributed by atoms with Gasteiger partial charge in [0.1, 0.15) is 5.82 Å². The van der Waals surface area contributed by atoms with E-state index in [0.717, 1.165) is 18.4 Å². The fourth-order valence-corrected chi connectivity index (χ4v) is 3.46. The number of nitrogens with zero attached hydrogens (tertiary/aromatic N) is 3. The molecule has 2 aliphatic heterocycles. The molecule has 1 aromatic heterocycles. The van der Waals surface area contributed by atoms with Crippen molar-refractivity contribution in [3.63, 3.8) is 0 Å². The topological polar surface area (TPSA) is 31.4 Å². The summed E-state index contributed by atoms with van der Waals surface area (Å²) in [5.74, 6) is 0.946. The summed E-state index contributed by atoms with van der Waals surface area (Å²) >= 11 is 0. The van der Waals surface area contributed by atoms with Crippen LogP contribution in [0, 0.1) is 0 Å². The normalized spacial score (nSPS) is 24.9. The van der Waals surface area contributed by atoms with E-state index in [-0.39, 0.29) is 0 Å². The van der Waals surface area contributed by atoms with Crippen molar-refractivity contribution in [2.75, 3.05) is 38.5 Å². The molecule has 1 atom stereocenters. The lowest BCUT2D eigenvalue weighted by atomic mass is 10.1. The van der Waals surface area contributed by atoms with E-state index in [0.29, 0.717) is 0 Å². The first-order valence-electron chi connectivity index (χ1n) is 7.94. The molecule has 4 heteroatoms. The van der Waals surface area contributed by atoms with Crippen LogP contribution in [-0.4, -0.2) is 54.1 Å². The van der Waals surface area contributed by atoms with Crippen molar-refractivity contribution in [1.82, 2.24) is 14.8 Å². The average Bonchev–Trinajstić information content (AvgIpc) is 2.97. The standard InChI is InChI=1S/C16H26N4/c1-17-16-6-5-14(11-18-16)12-19-10-7-15(13-19)20-8-3-2-4-9-20/h5-6,11,15H,2-4,7-10,12-13H2,1H3,(H,17,18). The van der Waals surface area contributed by atoms with Gasteiger partial charge in [0.05, 0.1) is 0 Å². The SMILES string of the molecule is CNc1ccc(CN2CCC(N3CCCCC3)C2)cn1. The van der Waals surface area contributed by atoms with Gasteiger partial charge in [0.25, 0.3) is 0 Å². The lowest BCUT2D eigenvalue weighted by Gasteiger charge is -2.32. The third kappa shape index (κ3) is 3.30. The molecule has 0 aliphatic carbocycles. The van der Waals surface area contributed by atoms with Crippen LogP contribution in [0.2, 0.25) is 0 Å². The zero-order valence-corrected chi connectivity index (χ0v) is 12.5. The molecule has 4 nitrogen and oxygen atoms in total. The molecule has 1 N–H and O–H groups in total. The molecule has 1 unspecified atom stereocenters. The van der Waals surface area contributed by atoms with Crippen LogP contribution in [0.15, 0.2) is 18.3 Å². The van der Waals surface area contributed by atoms with E-state index in [1.165, 1.54) is 57.4 Å². The van der Waals surface area contributed by atoms with Gasteiger partial charge in [-0.05, 0) is 44.0 Å². The molecule has 1 aromatic rings. The van der Waals surface area contributed by atoms with Crippen molar-refractivity contribution in [2.24, 2.45) is 0 Å². The summed E-state index contributed by atoms with van der Waals surface area (Å²) in [6.45, 7) is 6.14. The number of hydrogen-bond donors (Lipinski definition) is 1. The van der Waals surface area contributed by atoms with E-state index in [1.54, 1.807) is 0 Å². The Hall–Kier alpha value is -1.13. The number of hydrogen-bond acceptors (Lipinski definition) is 4. The smallest absolute Gasteiger partial charge is 0.125 e. The van der Waals surface area contributed by atoms with E-state index < -0.39 is 0 Å². The molecule has 3 heterocycles. The van der Waals surface area contributed by atoms with Crippen LogP contribution in [0.25, 0.3) is 0 Å². The van der Waals surface area contributed by atoms with Gasteiger partial charge in [-0.2, -0.15) is 0 Å². The van der Waals surface area contributed by atoms with Crippen LogP contribution in [0.1, 0.15) is 31.2 Å². The van der Waals surface area contributed by atoms with Gasteiger partial charge in [-0.3, -0.25) is 9.80 Å². The molecule has 20 heavy (non-hydrogen) atoms. The van der Waals surface area contributed by atoms with Crippen LogP contribution in [0.4, 0.5) is 5.82 Å². The number of piperidine rings is 1. The predicted molar refractivity (Wildman–Crippen MR) is 82.9 cm³/mol. The van der Waals surface area contributed by atoms with Crippen LogP contribution >= 0.6 is 0 Å². The fraction of sp³-hybridized carbons (Fsp3) is 0.688. The minimum atomic E-state index is 0.792. The van der Waals surface area contributed by atoms with Gasteiger partial charge in [0.2, 0.25) is 0 Å². The van der Waals surface area contributed by atoms with Crippen molar-refractivity contribution in [3.8, 4) is 0 Å². The van der Waals surface area contributed by atoms with Gasteiger partial charge in [-0.15, -0.1) is 0 Å². The molecule has 110 valence electrons. The molecule has 0 aromatic carbocycles. The van der Waals surface area contributed by atoms with Crippen molar-refractivity contribution >= 4 is 5.82 Å². The largest absolute Gasteiger partial charge is 0.373 e. The molecule has 0 bridgehead atoms. The van der Waals surface area contributed by atoms with Crippen LogP contribution in [0.3, 0.4) is 0 Å². The summed E-state index contributed by atoms with van der Waals surface area (Å²) in [7, 11) is 1.91. The Bertz CT molecular complexity index is 411. The van der Waals surface area contributed by atoms with Crippen LogP contribution in [-0.2, 0) is 6.54 Å². The molecule has 3 rings (SSSR count). The van der Waals surface area contributed by atoms with Crippen LogP contribution in [0.5, 0.6) is 0 Å². The maximum absolute atomic E-state index is 4.40. The molecule has 0 amide bonds. The van der Waals surface area contributed by atoms with E-state index in [9.17, 15) is 0 Å². The summed E-state index contributed by atoms with van der Waals surface area (Å²) in [6, 6.07) is 5.04. The average molecular weight is 274 g/mol. The summed E-state index contributed by atoms with van der Waals surface area (Å²) in [4.78, 5) is 9.69. The first-order valence-corrected chi connectivity index (χ1v) is 7.94. The van der Waals surface area contributed by atoms with Gasteiger partial charge in [-0.1, -0.05) is 12.5 Å². The molecule has 0 spiro atoms. The number of aromatic nitrogens is 1. The Morgan fingerprint density at radius 1 is 1.20 bits per heavy atom. The highest BCUT2D eigenvalue weighted by Crippen LogP contribution is 2.21. The van der Waals surface area contributed by atoms with Gasteiger partial charge in [-0.25, -0.2) is 4.98 Å².